The molecule has 0 aromatic carbocycles. The molecule has 39 heavy (non-hydrogen) atoms. The van der Waals surface area contributed by atoms with Crippen LogP contribution in [0.2, 0.25) is 0 Å². The fourth-order valence-corrected chi connectivity index (χ4v) is 5.67. The summed E-state index contributed by atoms with van der Waals surface area (Å²) in [4.78, 5) is 28.1. The molecule has 1 aliphatic heterocycles. The van der Waals surface area contributed by atoms with Crippen molar-refractivity contribution >= 4 is 11.9 Å². The van der Waals surface area contributed by atoms with Crippen LogP contribution in [0.4, 0.5) is 0 Å². The normalized spacial score (nSPS) is 16.2. The quantitative estimate of drug-likeness (QED) is 0.0836. The van der Waals surface area contributed by atoms with E-state index in [0.717, 1.165) is 64.5 Å². The Bertz CT molecular complexity index is 588. The zero-order valence-electron chi connectivity index (χ0n) is 26.5. The molecule has 0 saturated carbocycles. The van der Waals surface area contributed by atoms with Gasteiger partial charge in [0.2, 0.25) is 0 Å². The highest BCUT2D eigenvalue weighted by atomic mass is 16.6. The van der Waals surface area contributed by atoms with Crippen molar-refractivity contribution in [2.75, 3.05) is 26.7 Å². The first kappa shape index (κ1) is 35.9. The maximum absolute atomic E-state index is 12.9. The second-order valence-electron chi connectivity index (χ2n) is 12.3. The maximum atomic E-state index is 12.9. The summed E-state index contributed by atoms with van der Waals surface area (Å²) in [5, 5.41) is 0. The number of carbonyl (C=O) groups excluding carboxylic acids is 2. The molecule has 0 N–H and O–H groups in total. The minimum Gasteiger partial charge on any atom is -0.462 e. The topological polar surface area (TPSA) is 55.8 Å². The molecule has 0 radical (unpaired) electrons. The van der Waals surface area contributed by atoms with Crippen LogP contribution >= 0.6 is 0 Å². The van der Waals surface area contributed by atoms with Gasteiger partial charge in [-0.2, -0.15) is 0 Å². The third-order valence-corrected chi connectivity index (χ3v) is 8.61. The highest BCUT2D eigenvalue weighted by Gasteiger charge is 2.28. The molecule has 1 rings (SSSR count). The minimum atomic E-state index is -0.314. The van der Waals surface area contributed by atoms with Crippen molar-refractivity contribution in [3.05, 3.63) is 0 Å². The second kappa shape index (κ2) is 24.7. The molecule has 1 saturated heterocycles. The largest absolute Gasteiger partial charge is 0.462 e. The molecule has 1 fully saturated rings. The van der Waals surface area contributed by atoms with Crippen LogP contribution in [0, 0.1) is 11.8 Å². The summed E-state index contributed by atoms with van der Waals surface area (Å²) in [7, 11) is 2.10. The number of ether oxygens (including phenoxy) is 2. The summed E-state index contributed by atoms with van der Waals surface area (Å²) in [6.45, 7) is 8.67. The molecule has 1 heterocycles. The maximum Gasteiger partial charge on any atom is 0.309 e. The van der Waals surface area contributed by atoms with Gasteiger partial charge in [-0.15, -0.1) is 0 Å². The van der Waals surface area contributed by atoms with Crippen LogP contribution in [-0.4, -0.2) is 49.7 Å². The van der Waals surface area contributed by atoms with Gasteiger partial charge in [-0.3, -0.25) is 9.59 Å². The Morgan fingerprint density at radius 1 is 0.692 bits per heavy atom. The van der Waals surface area contributed by atoms with E-state index in [4.69, 9.17) is 9.47 Å². The summed E-state index contributed by atoms with van der Waals surface area (Å²) in [5.74, 6) is -0.255. The van der Waals surface area contributed by atoms with Crippen LogP contribution in [0.1, 0.15) is 162 Å². The molecule has 0 aromatic heterocycles. The van der Waals surface area contributed by atoms with E-state index in [1.165, 1.54) is 89.9 Å². The van der Waals surface area contributed by atoms with Crippen molar-refractivity contribution in [1.82, 2.24) is 4.90 Å². The fourth-order valence-electron chi connectivity index (χ4n) is 5.67. The van der Waals surface area contributed by atoms with Crippen LogP contribution in [0.3, 0.4) is 0 Å². The first-order chi connectivity index (χ1) is 19.0. The lowest BCUT2D eigenvalue weighted by Crippen LogP contribution is -2.36. The molecular weight excluding hydrogens is 486 g/mol. The number of nitrogens with zero attached hydrogens (tertiary/aromatic N) is 1. The predicted octanol–water partition coefficient (Wildman–Crippen LogP) is 9.26. The van der Waals surface area contributed by atoms with E-state index >= 15 is 0 Å². The lowest BCUT2D eigenvalue weighted by molar-refractivity contribution is -0.166. The highest BCUT2D eigenvalue weighted by Crippen LogP contribution is 2.21. The Balaban J connectivity index is 2.42. The molecule has 0 amide bonds. The number of likely N-dealkylation sites (tertiary alicyclic amines) is 1. The second-order valence-corrected chi connectivity index (χ2v) is 12.3. The summed E-state index contributed by atoms with van der Waals surface area (Å²) in [6.07, 6.45) is 25.5. The standard InChI is InChI=1S/C34H65NO4/c1-5-8-10-12-14-15-16-18-20-22-24-32(39-34(37)31-25-27-35(4)28-26-31)29-38-33(36)30(7-3)23-21-19-17-13-11-9-6-2/h30-32H,5-29H2,1-4H3. The number of esters is 2. The molecule has 2 atom stereocenters. The van der Waals surface area contributed by atoms with E-state index in [1.807, 2.05) is 0 Å². The summed E-state index contributed by atoms with van der Waals surface area (Å²) in [5.41, 5.74) is 0. The lowest BCUT2D eigenvalue weighted by Gasteiger charge is -2.29. The predicted molar refractivity (Wildman–Crippen MR) is 164 cm³/mol. The number of rotatable bonds is 25. The smallest absolute Gasteiger partial charge is 0.309 e. The zero-order valence-corrected chi connectivity index (χ0v) is 26.5. The molecular formula is C34H65NO4. The Kier molecular flexibility index (Phi) is 22.7. The molecule has 2 unspecified atom stereocenters. The van der Waals surface area contributed by atoms with E-state index in [0.29, 0.717) is 0 Å². The van der Waals surface area contributed by atoms with Crippen molar-refractivity contribution in [1.29, 1.82) is 0 Å². The van der Waals surface area contributed by atoms with E-state index < -0.39 is 0 Å². The Labute approximate surface area is 242 Å². The van der Waals surface area contributed by atoms with Crippen molar-refractivity contribution in [3.8, 4) is 0 Å². The molecule has 230 valence electrons. The Morgan fingerprint density at radius 3 is 1.64 bits per heavy atom. The van der Waals surface area contributed by atoms with Crippen molar-refractivity contribution in [2.24, 2.45) is 11.8 Å². The van der Waals surface area contributed by atoms with Gasteiger partial charge in [0.05, 0.1) is 11.8 Å². The molecule has 5 heteroatoms. The molecule has 0 spiro atoms. The van der Waals surface area contributed by atoms with Gasteiger partial charge >= 0.3 is 11.9 Å². The summed E-state index contributed by atoms with van der Waals surface area (Å²) < 4.78 is 11.8. The summed E-state index contributed by atoms with van der Waals surface area (Å²) in [6, 6.07) is 0. The van der Waals surface area contributed by atoms with Crippen LogP contribution in [0.25, 0.3) is 0 Å². The molecule has 5 nitrogen and oxygen atoms in total. The van der Waals surface area contributed by atoms with Gasteiger partial charge in [-0.05, 0) is 58.7 Å². The SMILES string of the molecule is CCCCCCCCCCCCC(COC(=O)C(CC)CCCCCCCCC)OC(=O)C1CCN(C)CC1. The van der Waals surface area contributed by atoms with Crippen molar-refractivity contribution in [3.63, 3.8) is 0 Å². The van der Waals surface area contributed by atoms with E-state index in [1.54, 1.807) is 0 Å². The average Bonchev–Trinajstić information content (AvgIpc) is 2.94. The monoisotopic (exact) mass is 551 g/mol. The van der Waals surface area contributed by atoms with Gasteiger partial charge in [-0.25, -0.2) is 0 Å². The minimum absolute atomic E-state index is 0.0205. The average molecular weight is 552 g/mol. The van der Waals surface area contributed by atoms with E-state index in [9.17, 15) is 9.59 Å². The first-order valence-corrected chi connectivity index (χ1v) is 17.1. The molecule has 1 aliphatic rings. The lowest BCUT2D eigenvalue weighted by atomic mass is 9.97. The zero-order chi connectivity index (χ0) is 28.6. The molecule has 0 bridgehead atoms. The first-order valence-electron chi connectivity index (χ1n) is 17.1. The van der Waals surface area contributed by atoms with Gasteiger partial charge < -0.3 is 14.4 Å². The van der Waals surface area contributed by atoms with Gasteiger partial charge in [0.25, 0.3) is 0 Å². The number of carbonyl (C=O) groups is 2. The van der Waals surface area contributed by atoms with Crippen LogP contribution < -0.4 is 0 Å². The highest BCUT2D eigenvalue weighted by molar-refractivity contribution is 5.73. The van der Waals surface area contributed by atoms with Gasteiger partial charge in [0.1, 0.15) is 12.7 Å². The fraction of sp³-hybridized carbons (Fsp3) is 0.941. The van der Waals surface area contributed by atoms with Gasteiger partial charge in [0.15, 0.2) is 0 Å². The number of hydrogen-bond donors (Lipinski definition) is 0. The van der Waals surface area contributed by atoms with Gasteiger partial charge in [-0.1, -0.05) is 124 Å². The van der Waals surface area contributed by atoms with Crippen molar-refractivity contribution < 1.29 is 19.1 Å². The number of unbranched alkanes of at least 4 members (excludes halogenated alkanes) is 15. The van der Waals surface area contributed by atoms with Crippen molar-refractivity contribution in [2.45, 2.75) is 168 Å². The van der Waals surface area contributed by atoms with Crippen LogP contribution in [0.5, 0.6) is 0 Å². The number of piperidine rings is 1. The van der Waals surface area contributed by atoms with Crippen LogP contribution in [-0.2, 0) is 19.1 Å². The Morgan fingerprint density at radius 2 is 1.15 bits per heavy atom. The Hall–Kier alpha value is -1.10. The third kappa shape index (κ3) is 18.8. The molecule has 0 aliphatic carbocycles. The van der Waals surface area contributed by atoms with Crippen LogP contribution in [0.15, 0.2) is 0 Å². The van der Waals surface area contributed by atoms with Gasteiger partial charge in [0, 0.05) is 0 Å². The molecule has 0 aromatic rings. The number of hydrogen-bond acceptors (Lipinski definition) is 5. The van der Waals surface area contributed by atoms with E-state index in [2.05, 4.69) is 32.7 Å². The third-order valence-electron chi connectivity index (χ3n) is 8.61. The van der Waals surface area contributed by atoms with E-state index in [-0.39, 0.29) is 36.5 Å². The summed E-state index contributed by atoms with van der Waals surface area (Å²) >= 11 is 0.